The molecule has 1 fully saturated rings. The van der Waals surface area contributed by atoms with Crippen LogP contribution in [-0.4, -0.2) is 43.8 Å². The van der Waals surface area contributed by atoms with Gasteiger partial charge in [0.25, 0.3) is 0 Å². The Labute approximate surface area is 142 Å². The predicted octanol–water partition coefficient (Wildman–Crippen LogP) is 2.54. The van der Waals surface area contributed by atoms with E-state index in [4.69, 9.17) is 4.74 Å². The van der Waals surface area contributed by atoms with Gasteiger partial charge in [-0.1, -0.05) is 6.08 Å². The fraction of sp³-hybridized carbons (Fsp3) is 0.500. The Balaban J connectivity index is 2.04. The molecule has 24 heavy (non-hydrogen) atoms. The number of ether oxygens (including phenoxy) is 1. The lowest BCUT2D eigenvalue weighted by atomic mass is 10.1. The summed E-state index contributed by atoms with van der Waals surface area (Å²) in [5.41, 5.74) is 1.14. The Morgan fingerprint density at radius 3 is 2.71 bits per heavy atom. The molecule has 3 atom stereocenters. The summed E-state index contributed by atoms with van der Waals surface area (Å²) in [6, 6.07) is 4.51. The number of halogens is 1. The van der Waals surface area contributed by atoms with Crippen LogP contribution in [0.5, 0.6) is 0 Å². The van der Waals surface area contributed by atoms with Crippen molar-refractivity contribution in [2.75, 3.05) is 29.9 Å². The van der Waals surface area contributed by atoms with E-state index in [1.54, 1.807) is 25.1 Å². The number of carbonyl (C=O) groups excluding carboxylic acids is 1. The van der Waals surface area contributed by atoms with Crippen LogP contribution in [0.25, 0.3) is 0 Å². The van der Waals surface area contributed by atoms with Gasteiger partial charge in [0.15, 0.2) is 0 Å². The molecular weight excluding hydrogens is 309 g/mol. The largest absolute Gasteiger partial charge is 0.374 e. The zero-order chi connectivity index (χ0) is 17.7. The Morgan fingerprint density at radius 1 is 1.46 bits per heavy atom. The third-order valence-electron chi connectivity index (χ3n) is 3.91. The van der Waals surface area contributed by atoms with Crippen LogP contribution < -0.4 is 15.5 Å². The lowest BCUT2D eigenvalue weighted by molar-refractivity contribution is -0.121. The average molecular weight is 335 g/mol. The summed E-state index contributed by atoms with van der Waals surface area (Å²) >= 11 is 0. The molecule has 5 nitrogen and oxygen atoms in total. The van der Waals surface area contributed by atoms with Gasteiger partial charge in [0.1, 0.15) is 11.9 Å². The molecule has 2 N–H and O–H groups in total. The van der Waals surface area contributed by atoms with Gasteiger partial charge in [0, 0.05) is 25.3 Å². The second-order valence-electron chi connectivity index (χ2n) is 6.23. The molecule has 2 rings (SSSR count). The minimum Gasteiger partial charge on any atom is -0.374 e. The van der Waals surface area contributed by atoms with Crippen molar-refractivity contribution in [2.45, 2.75) is 39.0 Å². The maximum Gasteiger partial charge on any atom is 0.242 e. The molecule has 1 amide bonds. The van der Waals surface area contributed by atoms with Crippen molar-refractivity contribution < 1.29 is 13.9 Å². The van der Waals surface area contributed by atoms with Gasteiger partial charge in [-0.2, -0.15) is 0 Å². The SMILES string of the molecule is C=CCNC(=O)[C@H](C)Nc1ccc(N2C[C@@H](C)O[C@@H](C)C2)c(F)c1. The van der Waals surface area contributed by atoms with Crippen molar-refractivity contribution in [3.63, 3.8) is 0 Å². The number of nitrogens with zero attached hydrogens (tertiary/aromatic N) is 1. The highest BCUT2D eigenvalue weighted by Crippen LogP contribution is 2.26. The van der Waals surface area contributed by atoms with Crippen LogP contribution >= 0.6 is 0 Å². The Hall–Kier alpha value is -2.08. The number of amides is 1. The fourth-order valence-corrected chi connectivity index (χ4v) is 2.87. The quantitative estimate of drug-likeness (QED) is 0.785. The second-order valence-corrected chi connectivity index (χ2v) is 6.23. The first-order valence-electron chi connectivity index (χ1n) is 8.25. The highest BCUT2D eigenvalue weighted by molar-refractivity contribution is 5.84. The topological polar surface area (TPSA) is 53.6 Å². The van der Waals surface area contributed by atoms with Crippen molar-refractivity contribution >= 4 is 17.3 Å². The van der Waals surface area contributed by atoms with Gasteiger partial charge in [0.2, 0.25) is 5.91 Å². The van der Waals surface area contributed by atoms with Gasteiger partial charge in [-0.3, -0.25) is 4.79 Å². The molecule has 0 radical (unpaired) electrons. The van der Waals surface area contributed by atoms with E-state index in [2.05, 4.69) is 17.2 Å². The molecule has 1 aromatic rings. The number of benzene rings is 1. The van der Waals surface area contributed by atoms with E-state index in [1.165, 1.54) is 6.07 Å². The van der Waals surface area contributed by atoms with Gasteiger partial charge >= 0.3 is 0 Å². The van der Waals surface area contributed by atoms with Crippen LogP contribution in [0.3, 0.4) is 0 Å². The average Bonchev–Trinajstić information content (AvgIpc) is 2.51. The molecule has 0 bridgehead atoms. The molecule has 1 saturated heterocycles. The number of nitrogens with one attached hydrogen (secondary N) is 2. The minimum atomic E-state index is -0.460. The van der Waals surface area contributed by atoms with Crippen LogP contribution in [0.1, 0.15) is 20.8 Å². The van der Waals surface area contributed by atoms with Crippen LogP contribution in [0.4, 0.5) is 15.8 Å². The summed E-state index contributed by atoms with van der Waals surface area (Å²) in [6.45, 7) is 11.0. The molecule has 0 aliphatic carbocycles. The van der Waals surface area contributed by atoms with Gasteiger partial charge in [-0.15, -0.1) is 6.58 Å². The minimum absolute atomic E-state index is 0.0690. The summed E-state index contributed by atoms with van der Waals surface area (Å²) < 4.78 is 20.2. The van der Waals surface area contributed by atoms with Crippen LogP contribution in [-0.2, 0) is 9.53 Å². The first-order chi connectivity index (χ1) is 11.4. The van der Waals surface area contributed by atoms with E-state index in [9.17, 15) is 9.18 Å². The van der Waals surface area contributed by atoms with E-state index in [-0.39, 0.29) is 23.9 Å². The van der Waals surface area contributed by atoms with E-state index in [0.29, 0.717) is 31.0 Å². The zero-order valence-electron chi connectivity index (χ0n) is 14.5. The molecule has 1 aliphatic rings. The summed E-state index contributed by atoms with van der Waals surface area (Å²) in [4.78, 5) is 13.8. The number of rotatable bonds is 6. The van der Waals surface area contributed by atoms with Crippen molar-refractivity contribution in [3.8, 4) is 0 Å². The number of hydrogen-bond acceptors (Lipinski definition) is 4. The normalized spacial score (nSPS) is 21.9. The highest BCUT2D eigenvalue weighted by Gasteiger charge is 2.24. The van der Waals surface area contributed by atoms with E-state index < -0.39 is 6.04 Å². The molecule has 132 valence electrons. The first-order valence-corrected chi connectivity index (χ1v) is 8.25. The fourth-order valence-electron chi connectivity index (χ4n) is 2.87. The standard InChI is InChI=1S/C18H26FN3O2/c1-5-8-20-18(23)14(4)21-15-6-7-17(16(19)9-15)22-10-12(2)24-13(3)11-22/h5-7,9,12-14,21H,1,8,10-11H2,2-4H3,(H,20,23)/t12-,13+,14-/m0/s1. The number of anilines is 2. The molecular formula is C18H26FN3O2. The zero-order valence-corrected chi connectivity index (χ0v) is 14.5. The van der Waals surface area contributed by atoms with Crippen molar-refractivity contribution in [2.24, 2.45) is 0 Å². The van der Waals surface area contributed by atoms with Crippen LogP contribution in [0.15, 0.2) is 30.9 Å². The Morgan fingerprint density at radius 2 is 2.12 bits per heavy atom. The highest BCUT2D eigenvalue weighted by atomic mass is 19.1. The molecule has 1 heterocycles. The van der Waals surface area contributed by atoms with Crippen LogP contribution in [0, 0.1) is 5.82 Å². The molecule has 0 spiro atoms. The molecule has 1 aromatic carbocycles. The Kier molecular flexibility index (Phi) is 6.20. The summed E-state index contributed by atoms with van der Waals surface area (Å²) in [7, 11) is 0. The second kappa shape index (κ2) is 8.15. The molecule has 0 unspecified atom stereocenters. The third-order valence-corrected chi connectivity index (χ3v) is 3.91. The summed E-state index contributed by atoms with van der Waals surface area (Å²) in [5, 5.41) is 5.71. The van der Waals surface area contributed by atoms with Gasteiger partial charge in [-0.05, 0) is 39.0 Å². The van der Waals surface area contributed by atoms with E-state index >= 15 is 0 Å². The molecule has 6 heteroatoms. The van der Waals surface area contributed by atoms with Crippen molar-refractivity contribution in [1.29, 1.82) is 0 Å². The van der Waals surface area contributed by atoms with E-state index in [1.807, 2.05) is 18.7 Å². The van der Waals surface area contributed by atoms with Gasteiger partial charge in [-0.25, -0.2) is 4.39 Å². The number of morpholine rings is 1. The summed E-state index contributed by atoms with van der Waals surface area (Å²) in [6.07, 6.45) is 1.75. The number of carbonyl (C=O) groups is 1. The van der Waals surface area contributed by atoms with Gasteiger partial charge < -0.3 is 20.3 Å². The monoisotopic (exact) mass is 335 g/mol. The molecule has 0 aromatic heterocycles. The predicted molar refractivity (Wildman–Crippen MR) is 94.9 cm³/mol. The third kappa shape index (κ3) is 4.71. The maximum absolute atomic E-state index is 14.5. The first kappa shape index (κ1) is 18.3. The Bertz CT molecular complexity index is 584. The smallest absolute Gasteiger partial charge is 0.242 e. The maximum atomic E-state index is 14.5. The molecule has 1 aliphatic heterocycles. The van der Waals surface area contributed by atoms with Crippen molar-refractivity contribution in [1.82, 2.24) is 5.32 Å². The van der Waals surface area contributed by atoms with Crippen molar-refractivity contribution in [3.05, 3.63) is 36.7 Å². The number of hydrogen-bond donors (Lipinski definition) is 2. The lowest BCUT2D eigenvalue weighted by Crippen LogP contribution is -2.45. The molecule has 0 saturated carbocycles. The summed E-state index contributed by atoms with van der Waals surface area (Å²) in [5.74, 6) is -0.463. The lowest BCUT2D eigenvalue weighted by Gasteiger charge is -2.37. The van der Waals surface area contributed by atoms with Crippen LogP contribution in [0.2, 0.25) is 0 Å². The van der Waals surface area contributed by atoms with E-state index in [0.717, 1.165) is 0 Å². The van der Waals surface area contributed by atoms with Gasteiger partial charge in [0.05, 0.1) is 17.9 Å².